The molecule has 0 spiro atoms. The molecule has 26 heavy (non-hydrogen) atoms. The van der Waals surface area contributed by atoms with Gasteiger partial charge in [-0.2, -0.15) is 0 Å². The van der Waals surface area contributed by atoms with Gasteiger partial charge in [-0.25, -0.2) is 9.97 Å². The number of nitrogens with one attached hydrogen (secondary N) is 1. The Balaban J connectivity index is 1.40. The van der Waals surface area contributed by atoms with Gasteiger partial charge in [0.15, 0.2) is 0 Å². The second-order valence-corrected chi connectivity index (χ2v) is 7.14. The molecule has 0 radical (unpaired) electrons. The topological polar surface area (TPSA) is 67.3 Å². The maximum Gasteiger partial charge on any atom is 0.230 e. The average Bonchev–Trinajstić information content (AvgIpc) is 3.22. The van der Waals surface area contributed by atoms with E-state index in [-0.39, 0.29) is 5.91 Å². The first kappa shape index (κ1) is 18.5. The van der Waals surface area contributed by atoms with Crippen molar-refractivity contribution < 1.29 is 9.53 Å². The second-order valence-electron chi connectivity index (χ2n) is 6.15. The highest BCUT2D eigenvalue weighted by Crippen LogP contribution is 2.22. The second kappa shape index (κ2) is 9.43. The van der Waals surface area contributed by atoms with Crippen molar-refractivity contribution in [3.8, 4) is 5.75 Å². The zero-order valence-corrected chi connectivity index (χ0v) is 15.8. The van der Waals surface area contributed by atoms with Gasteiger partial charge in [0.2, 0.25) is 5.91 Å². The number of aromatic nitrogens is 2. The number of carbonyl (C=O) groups is 1. The molecule has 1 aromatic heterocycles. The smallest absolute Gasteiger partial charge is 0.230 e. The van der Waals surface area contributed by atoms with E-state index in [4.69, 9.17) is 4.74 Å². The fraction of sp³-hybridized carbons (Fsp3) is 0.421. The molecule has 138 valence electrons. The van der Waals surface area contributed by atoms with Gasteiger partial charge in [-0.1, -0.05) is 23.9 Å². The summed E-state index contributed by atoms with van der Waals surface area (Å²) in [6.45, 7) is 2.72. The van der Waals surface area contributed by atoms with Crippen LogP contribution in [0.2, 0.25) is 0 Å². The van der Waals surface area contributed by atoms with Gasteiger partial charge in [0.25, 0.3) is 0 Å². The third kappa shape index (κ3) is 5.36. The molecule has 0 atom stereocenters. The van der Waals surface area contributed by atoms with Crippen molar-refractivity contribution in [1.82, 2.24) is 15.3 Å². The number of carbonyl (C=O) groups excluding carboxylic acids is 1. The zero-order valence-electron chi connectivity index (χ0n) is 15.0. The number of methoxy groups -OCH3 is 1. The Hall–Kier alpha value is -2.28. The van der Waals surface area contributed by atoms with Crippen LogP contribution in [0.1, 0.15) is 18.4 Å². The van der Waals surface area contributed by atoms with Crippen LogP contribution in [0.15, 0.2) is 41.7 Å². The largest absolute Gasteiger partial charge is 0.497 e. The number of benzene rings is 1. The monoisotopic (exact) mass is 372 g/mol. The highest BCUT2D eigenvalue weighted by molar-refractivity contribution is 7.99. The van der Waals surface area contributed by atoms with Crippen LogP contribution in [-0.2, 0) is 11.2 Å². The molecule has 0 aliphatic carbocycles. The molecule has 1 saturated heterocycles. The van der Waals surface area contributed by atoms with E-state index in [1.54, 1.807) is 13.4 Å². The lowest BCUT2D eigenvalue weighted by Gasteiger charge is -2.16. The number of rotatable bonds is 8. The van der Waals surface area contributed by atoms with Crippen molar-refractivity contribution >= 4 is 23.5 Å². The highest BCUT2D eigenvalue weighted by Gasteiger charge is 2.14. The normalized spacial score (nSPS) is 13.7. The minimum absolute atomic E-state index is 0.0184. The van der Waals surface area contributed by atoms with Gasteiger partial charge >= 0.3 is 0 Å². The van der Waals surface area contributed by atoms with Crippen LogP contribution in [0.25, 0.3) is 0 Å². The van der Waals surface area contributed by atoms with Crippen LogP contribution in [0.3, 0.4) is 0 Å². The van der Waals surface area contributed by atoms with Crippen LogP contribution in [0, 0.1) is 0 Å². The molecule has 1 fully saturated rings. The molecule has 1 aliphatic heterocycles. The van der Waals surface area contributed by atoms with Crippen molar-refractivity contribution in [1.29, 1.82) is 0 Å². The predicted octanol–water partition coefficient (Wildman–Crippen LogP) is 2.54. The molecule has 1 amide bonds. The molecule has 0 bridgehead atoms. The summed E-state index contributed by atoms with van der Waals surface area (Å²) in [6.07, 6.45) is 4.80. The minimum Gasteiger partial charge on any atom is -0.497 e. The van der Waals surface area contributed by atoms with Crippen LogP contribution in [0.4, 0.5) is 5.82 Å². The van der Waals surface area contributed by atoms with Gasteiger partial charge in [0.1, 0.15) is 22.9 Å². The van der Waals surface area contributed by atoms with Crippen molar-refractivity contribution in [2.24, 2.45) is 0 Å². The zero-order chi connectivity index (χ0) is 18.2. The first-order valence-corrected chi connectivity index (χ1v) is 9.82. The number of hydrogen-bond donors (Lipinski definition) is 1. The predicted molar refractivity (Wildman–Crippen MR) is 104 cm³/mol. The van der Waals surface area contributed by atoms with Gasteiger partial charge in [0.05, 0.1) is 12.9 Å². The van der Waals surface area contributed by atoms with Gasteiger partial charge in [-0.3, -0.25) is 4.79 Å². The highest BCUT2D eigenvalue weighted by atomic mass is 32.2. The number of anilines is 1. The molecule has 2 aromatic rings. The fourth-order valence-electron chi connectivity index (χ4n) is 2.86. The summed E-state index contributed by atoms with van der Waals surface area (Å²) >= 11 is 1.45. The summed E-state index contributed by atoms with van der Waals surface area (Å²) < 4.78 is 5.14. The maximum absolute atomic E-state index is 12.0. The minimum atomic E-state index is 0.0184. The van der Waals surface area contributed by atoms with Gasteiger partial charge < -0.3 is 15.0 Å². The first-order valence-electron chi connectivity index (χ1n) is 8.84. The van der Waals surface area contributed by atoms with Crippen LogP contribution >= 0.6 is 11.8 Å². The van der Waals surface area contributed by atoms with E-state index in [2.05, 4.69) is 20.2 Å². The van der Waals surface area contributed by atoms with Crippen molar-refractivity contribution in [3.05, 3.63) is 42.2 Å². The summed E-state index contributed by atoms with van der Waals surface area (Å²) in [5, 5.41) is 3.79. The molecule has 1 aliphatic rings. The lowest BCUT2D eigenvalue weighted by atomic mass is 10.1. The molecule has 7 heteroatoms. The number of nitrogens with zero attached hydrogens (tertiary/aromatic N) is 3. The van der Waals surface area contributed by atoms with Crippen LogP contribution in [-0.4, -0.2) is 48.4 Å². The molecule has 0 saturated carbocycles. The van der Waals surface area contributed by atoms with E-state index >= 15 is 0 Å². The number of amides is 1. The number of ether oxygens (including phenoxy) is 1. The quantitative estimate of drug-likeness (QED) is 0.567. The Morgan fingerprint density at radius 1 is 1.23 bits per heavy atom. The maximum atomic E-state index is 12.0. The molecule has 2 heterocycles. The van der Waals surface area contributed by atoms with E-state index < -0.39 is 0 Å². The van der Waals surface area contributed by atoms with Gasteiger partial charge in [0, 0.05) is 25.7 Å². The lowest BCUT2D eigenvalue weighted by Crippen LogP contribution is -2.27. The summed E-state index contributed by atoms with van der Waals surface area (Å²) in [7, 11) is 1.65. The molecular weight excluding hydrogens is 348 g/mol. The van der Waals surface area contributed by atoms with Gasteiger partial charge in [-0.05, 0) is 37.0 Å². The Kier molecular flexibility index (Phi) is 6.71. The van der Waals surface area contributed by atoms with Crippen molar-refractivity contribution in [2.75, 3.05) is 37.4 Å². The fourth-order valence-corrected chi connectivity index (χ4v) is 3.55. The first-order chi connectivity index (χ1) is 12.7. The van der Waals surface area contributed by atoms with E-state index in [9.17, 15) is 4.79 Å². The molecule has 1 N–H and O–H groups in total. The Morgan fingerprint density at radius 3 is 2.73 bits per heavy atom. The average molecular weight is 372 g/mol. The summed E-state index contributed by atoms with van der Waals surface area (Å²) in [5.74, 6) is 2.18. The summed E-state index contributed by atoms with van der Waals surface area (Å²) in [6, 6.07) is 9.86. The van der Waals surface area contributed by atoms with E-state index in [0.717, 1.165) is 36.1 Å². The number of thioether (sulfide) groups is 1. The van der Waals surface area contributed by atoms with Crippen LogP contribution in [0.5, 0.6) is 5.75 Å². The van der Waals surface area contributed by atoms with E-state index in [1.807, 2.05) is 30.3 Å². The number of hydrogen-bond acceptors (Lipinski definition) is 6. The van der Waals surface area contributed by atoms with Crippen LogP contribution < -0.4 is 15.0 Å². The van der Waals surface area contributed by atoms with Crippen molar-refractivity contribution in [3.63, 3.8) is 0 Å². The van der Waals surface area contributed by atoms with E-state index in [1.165, 1.54) is 30.2 Å². The Labute approximate surface area is 158 Å². The molecular formula is C19H24N4O2S. The van der Waals surface area contributed by atoms with Crippen molar-refractivity contribution in [2.45, 2.75) is 24.3 Å². The summed E-state index contributed by atoms with van der Waals surface area (Å²) in [5.41, 5.74) is 1.17. The van der Waals surface area contributed by atoms with E-state index in [0.29, 0.717) is 12.3 Å². The lowest BCUT2D eigenvalue weighted by molar-refractivity contribution is -0.118. The Morgan fingerprint density at radius 2 is 2.00 bits per heavy atom. The molecule has 1 aromatic carbocycles. The summed E-state index contributed by atoms with van der Waals surface area (Å²) in [4.78, 5) is 22.9. The Bertz CT molecular complexity index is 718. The third-order valence-corrected chi connectivity index (χ3v) is 5.23. The van der Waals surface area contributed by atoms with Gasteiger partial charge in [-0.15, -0.1) is 0 Å². The molecule has 6 nitrogen and oxygen atoms in total. The third-order valence-electron chi connectivity index (χ3n) is 4.30. The molecule has 3 rings (SSSR count). The standard InChI is InChI=1S/C19H24N4O2S/c1-25-16-6-4-15(5-7-16)8-9-20-18(24)13-26-19-12-17(21-14-22-19)23-10-2-3-11-23/h4-7,12,14H,2-3,8-11,13H2,1H3,(H,20,24). The molecule has 0 unspecified atom stereocenters. The SMILES string of the molecule is COc1ccc(CCNC(=O)CSc2cc(N3CCCC3)ncn2)cc1.